The van der Waals surface area contributed by atoms with Gasteiger partial charge in [0.2, 0.25) is 0 Å². The van der Waals surface area contributed by atoms with Crippen LogP contribution in [0.4, 0.5) is 13.2 Å². The molecule has 0 heterocycles. The van der Waals surface area contributed by atoms with Crippen molar-refractivity contribution in [3.8, 4) is 11.5 Å². The Hall–Kier alpha value is -1.47. The van der Waals surface area contributed by atoms with E-state index in [1.165, 1.54) is 7.11 Å². The molecule has 2 N–H and O–H groups in total. The zero-order chi connectivity index (χ0) is 15.2. The van der Waals surface area contributed by atoms with Gasteiger partial charge in [0.15, 0.2) is 6.79 Å². The Bertz CT molecular complexity index is 422. The van der Waals surface area contributed by atoms with Crippen LogP contribution in [0.3, 0.4) is 0 Å². The van der Waals surface area contributed by atoms with Gasteiger partial charge in [0, 0.05) is 12.1 Å². The molecular weight excluding hydrogens is 275 g/mol. The van der Waals surface area contributed by atoms with Crippen LogP contribution in [-0.2, 0) is 11.2 Å². The molecule has 7 heteroatoms. The predicted octanol–water partition coefficient (Wildman–Crippen LogP) is 2.50. The van der Waals surface area contributed by atoms with Gasteiger partial charge in [-0.05, 0) is 25.0 Å². The number of alkyl halides is 3. The average Bonchev–Trinajstić information content (AvgIpc) is 2.34. The number of benzene rings is 1. The second kappa shape index (κ2) is 7.35. The number of hydrogen-bond acceptors (Lipinski definition) is 4. The number of halogens is 3. The van der Waals surface area contributed by atoms with Crippen molar-refractivity contribution >= 4 is 0 Å². The van der Waals surface area contributed by atoms with Crippen LogP contribution in [0.15, 0.2) is 18.2 Å². The molecule has 0 fully saturated rings. The van der Waals surface area contributed by atoms with E-state index in [9.17, 15) is 13.2 Å². The molecule has 1 aromatic rings. The normalized spacial score (nSPS) is 13.1. The summed E-state index contributed by atoms with van der Waals surface area (Å²) >= 11 is 0. The monoisotopic (exact) mass is 293 g/mol. The molecule has 1 atom stereocenters. The Morgan fingerprint density at radius 3 is 2.55 bits per heavy atom. The molecule has 0 aromatic heterocycles. The van der Waals surface area contributed by atoms with E-state index in [4.69, 9.17) is 15.2 Å². The maximum absolute atomic E-state index is 11.9. The first-order chi connectivity index (χ1) is 9.31. The lowest BCUT2D eigenvalue weighted by Crippen LogP contribution is -2.20. The lowest BCUT2D eigenvalue weighted by Gasteiger charge is -2.15. The molecule has 114 valence electrons. The van der Waals surface area contributed by atoms with Gasteiger partial charge in [-0.1, -0.05) is 6.07 Å². The van der Waals surface area contributed by atoms with Crippen molar-refractivity contribution in [1.82, 2.24) is 0 Å². The van der Waals surface area contributed by atoms with Gasteiger partial charge in [0.1, 0.15) is 18.1 Å². The van der Waals surface area contributed by atoms with Gasteiger partial charge >= 0.3 is 6.18 Å². The molecule has 1 aromatic carbocycles. The molecule has 20 heavy (non-hydrogen) atoms. The third kappa shape index (κ3) is 6.12. The summed E-state index contributed by atoms with van der Waals surface area (Å²) in [5.41, 5.74) is 6.50. The topological polar surface area (TPSA) is 53.7 Å². The van der Waals surface area contributed by atoms with Gasteiger partial charge < -0.3 is 19.9 Å². The summed E-state index contributed by atoms with van der Waals surface area (Å²) in [7, 11) is 1.49. The van der Waals surface area contributed by atoms with E-state index < -0.39 is 19.6 Å². The maximum Gasteiger partial charge on any atom is 0.411 e. The van der Waals surface area contributed by atoms with Crippen LogP contribution in [0.2, 0.25) is 0 Å². The molecule has 1 rings (SSSR count). The fourth-order valence-corrected chi connectivity index (χ4v) is 1.57. The minimum absolute atomic E-state index is 0.0955. The molecule has 0 aliphatic heterocycles. The van der Waals surface area contributed by atoms with Crippen LogP contribution < -0.4 is 15.2 Å². The first kappa shape index (κ1) is 16.6. The third-order valence-electron chi connectivity index (χ3n) is 2.38. The standard InChI is InChI=1S/C13H18F3NO3/c1-9(17)5-10-3-4-11(18-2)6-12(10)20-8-19-7-13(14,15)16/h3-4,6,9H,5,7-8,17H2,1-2H3. The van der Waals surface area contributed by atoms with E-state index in [0.29, 0.717) is 17.9 Å². The SMILES string of the molecule is COc1ccc(CC(C)N)c(OCOCC(F)(F)F)c1. The lowest BCUT2D eigenvalue weighted by atomic mass is 10.1. The summed E-state index contributed by atoms with van der Waals surface area (Å²) in [4.78, 5) is 0. The van der Waals surface area contributed by atoms with Crippen LogP contribution >= 0.6 is 0 Å². The minimum atomic E-state index is -4.37. The molecule has 1 unspecified atom stereocenters. The molecule has 0 radical (unpaired) electrons. The summed E-state index contributed by atoms with van der Waals surface area (Å²) in [5.74, 6) is 0.952. The summed E-state index contributed by atoms with van der Waals surface area (Å²) < 4.78 is 50.5. The molecule has 0 saturated carbocycles. The Morgan fingerprint density at radius 2 is 2.00 bits per heavy atom. The predicted molar refractivity (Wildman–Crippen MR) is 67.8 cm³/mol. The van der Waals surface area contributed by atoms with E-state index in [-0.39, 0.29) is 6.04 Å². The van der Waals surface area contributed by atoms with E-state index in [0.717, 1.165) is 5.56 Å². The summed E-state index contributed by atoms with van der Waals surface area (Å²) in [6.07, 6.45) is -3.83. The molecule has 0 spiro atoms. The maximum atomic E-state index is 11.9. The van der Waals surface area contributed by atoms with Gasteiger partial charge in [-0.2, -0.15) is 13.2 Å². The molecular formula is C13H18F3NO3. The summed E-state index contributed by atoms with van der Waals surface area (Å²) in [6, 6.07) is 5.00. The first-order valence-electron chi connectivity index (χ1n) is 6.01. The average molecular weight is 293 g/mol. The van der Waals surface area contributed by atoms with Crippen LogP contribution in [-0.4, -0.2) is 32.7 Å². The van der Waals surface area contributed by atoms with Crippen molar-refractivity contribution in [2.24, 2.45) is 5.73 Å². The zero-order valence-corrected chi connectivity index (χ0v) is 11.4. The van der Waals surface area contributed by atoms with Crippen molar-refractivity contribution in [2.45, 2.75) is 25.6 Å². The number of methoxy groups -OCH3 is 1. The fraction of sp³-hybridized carbons (Fsp3) is 0.538. The van der Waals surface area contributed by atoms with Gasteiger partial charge in [-0.15, -0.1) is 0 Å². The first-order valence-corrected chi connectivity index (χ1v) is 6.01. The Balaban J connectivity index is 2.65. The second-order valence-corrected chi connectivity index (χ2v) is 4.38. The smallest absolute Gasteiger partial charge is 0.411 e. The number of ether oxygens (including phenoxy) is 3. The van der Waals surface area contributed by atoms with Crippen LogP contribution in [0, 0.1) is 0 Å². The highest BCUT2D eigenvalue weighted by molar-refractivity contribution is 5.41. The van der Waals surface area contributed by atoms with Crippen molar-refractivity contribution in [1.29, 1.82) is 0 Å². The highest BCUT2D eigenvalue weighted by Crippen LogP contribution is 2.26. The van der Waals surface area contributed by atoms with Crippen LogP contribution in [0.1, 0.15) is 12.5 Å². The van der Waals surface area contributed by atoms with Crippen molar-refractivity contribution < 1.29 is 27.4 Å². The number of hydrogen-bond donors (Lipinski definition) is 1. The minimum Gasteiger partial charge on any atom is -0.497 e. The summed E-state index contributed by atoms with van der Waals surface area (Å²) in [5, 5.41) is 0. The van der Waals surface area contributed by atoms with E-state index in [1.54, 1.807) is 18.2 Å². The molecule has 0 aliphatic carbocycles. The largest absolute Gasteiger partial charge is 0.497 e. The van der Waals surface area contributed by atoms with Gasteiger partial charge in [0.25, 0.3) is 0 Å². The highest BCUT2D eigenvalue weighted by atomic mass is 19.4. The summed E-state index contributed by atoms with van der Waals surface area (Å²) in [6.45, 7) is -0.00755. The lowest BCUT2D eigenvalue weighted by molar-refractivity contribution is -0.186. The quantitative estimate of drug-likeness (QED) is 0.620. The van der Waals surface area contributed by atoms with Crippen LogP contribution in [0.5, 0.6) is 11.5 Å². The van der Waals surface area contributed by atoms with Gasteiger partial charge in [-0.3, -0.25) is 0 Å². The molecule has 0 saturated heterocycles. The molecule has 0 amide bonds. The Labute approximate surface area is 115 Å². The van der Waals surface area contributed by atoms with Crippen molar-refractivity contribution in [2.75, 3.05) is 20.5 Å². The molecule has 4 nitrogen and oxygen atoms in total. The number of rotatable bonds is 7. The van der Waals surface area contributed by atoms with Crippen molar-refractivity contribution in [3.63, 3.8) is 0 Å². The fourth-order valence-electron chi connectivity index (χ4n) is 1.57. The zero-order valence-electron chi connectivity index (χ0n) is 11.4. The van der Waals surface area contributed by atoms with Gasteiger partial charge in [0.05, 0.1) is 7.11 Å². The van der Waals surface area contributed by atoms with E-state index in [1.807, 2.05) is 6.92 Å². The third-order valence-corrected chi connectivity index (χ3v) is 2.38. The Morgan fingerprint density at radius 1 is 1.30 bits per heavy atom. The van der Waals surface area contributed by atoms with E-state index >= 15 is 0 Å². The Kier molecular flexibility index (Phi) is 6.09. The highest BCUT2D eigenvalue weighted by Gasteiger charge is 2.27. The molecule has 0 aliphatic rings. The van der Waals surface area contributed by atoms with Crippen LogP contribution in [0.25, 0.3) is 0 Å². The van der Waals surface area contributed by atoms with E-state index in [2.05, 4.69) is 4.74 Å². The molecule has 0 bridgehead atoms. The second-order valence-electron chi connectivity index (χ2n) is 4.38. The number of nitrogens with two attached hydrogens (primary N) is 1. The van der Waals surface area contributed by atoms with Gasteiger partial charge in [-0.25, -0.2) is 0 Å². The van der Waals surface area contributed by atoms with Crippen molar-refractivity contribution in [3.05, 3.63) is 23.8 Å².